The van der Waals surface area contributed by atoms with Crippen molar-refractivity contribution in [3.05, 3.63) is 30.1 Å². The highest BCUT2D eigenvalue weighted by Crippen LogP contribution is 2.26. The maximum absolute atomic E-state index is 12.7. The highest BCUT2D eigenvalue weighted by molar-refractivity contribution is 5.20. The molecule has 72 valence electrons. The molecule has 1 N–H and O–H groups in total. The fraction of sp³-hybridized carbons (Fsp3) is 0.444. The van der Waals surface area contributed by atoms with Crippen molar-refractivity contribution < 1.29 is 8.78 Å². The predicted molar refractivity (Wildman–Crippen MR) is 46.7 cm³/mol. The van der Waals surface area contributed by atoms with Gasteiger partial charge in [-0.1, -0.05) is 6.07 Å². The second-order valence-corrected chi connectivity index (χ2v) is 2.99. The summed E-state index contributed by atoms with van der Waals surface area (Å²) in [7, 11) is 1.51. The van der Waals surface area contributed by atoms with Crippen LogP contribution in [0.3, 0.4) is 0 Å². The van der Waals surface area contributed by atoms with Crippen molar-refractivity contribution in [2.24, 2.45) is 0 Å². The van der Waals surface area contributed by atoms with Crippen molar-refractivity contribution in [1.29, 1.82) is 0 Å². The summed E-state index contributed by atoms with van der Waals surface area (Å²) < 4.78 is 25.4. The number of rotatable bonds is 3. The first kappa shape index (κ1) is 10.1. The van der Waals surface area contributed by atoms with Gasteiger partial charge in [-0.2, -0.15) is 0 Å². The molecule has 1 aromatic heterocycles. The molecule has 0 saturated heterocycles. The molecule has 0 amide bonds. The molecule has 0 aliphatic carbocycles. The molecular formula is C9H12F2N2. The molecule has 1 rings (SSSR count). The van der Waals surface area contributed by atoms with Gasteiger partial charge in [0.2, 0.25) is 0 Å². The molecule has 0 radical (unpaired) electrons. The van der Waals surface area contributed by atoms with Gasteiger partial charge in [0, 0.05) is 12.4 Å². The zero-order valence-electron chi connectivity index (χ0n) is 7.59. The summed E-state index contributed by atoms with van der Waals surface area (Å²) in [5.41, 5.74) is -0.818. The zero-order chi connectivity index (χ0) is 9.90. The molecule has 0 fully saturated rings. The van der Waals surface area contributed by atoms with Crippen LogP contribution in [0.2, 0.25) is 0 Å². The van der Waals surface area contributed by atoms with Gasteiger partial charge >= 0.3 is 0 Å². The number of aromatic nitrogens is 1. The molecule has 0 spiro atoms. The van der Waals surface area contributed by atoms with Crippen LogP contribution in [0.4, 0.5) is 8.78 Å². The molecule has 1 atom stereocenters. The Morgan fingerprint density at radius 2 is 2.23 bits per heavy atom. The number of nitrogens with zero attached hydrogens (tertiary/aromatic N) is 1. The summed E-state index contributed by atoms with van der Waals surface area (Å²) in [6, 6.07) is 3.28. The van der Waals surface area contributed by atoms with Crippen molar-refractivity contribution in [3.63, 3.8) is 0 Å². The van der Waals surface area contributed by atoms with Gasteiger partial charge in [0.15, 0.2) is 0 Å². The summed E-state index contributed by atoms with van der Waals surface area (Å²) in [6.45, 7) is 1.45. The molecule has 4 heteroatoms. The van der Waals surface area contributed by atoms with E-state index in [-0.39, 0.29) is 0 Å². The lowest BCUT2D eigenvalue weighted by Gasteiger charge is -2.28. The van der Waals surface area contributed by atoms with Gasteiger partial charge in [-0.25, -0.2) is 8.78 Å². The van der Waals surface area contributed by atoms with Crippen molar-refractivity contribution in [2.45, 2.75) is 18.9 Å². The van der Waals surface area contributed by atoms with Gasteiger partial charge < -0.3 is 5.32 Å². The average molecular weight is 186 g/mol. The van der Waals surface area contributed by atoms with Crippen LogP contribution in [0, 0.1) is 0 Å². The smallest absolute Gasteiger partial charge is 0.260 e. The molecule has 13 heavy (non-hydrogen) atoms. The Labute approximate surface area is 76.0 Å². The average Bonchev–Trinajstić information content (AvgIpc) is 2.17. The van der Waals surface area contributed by atoms with Crippen molar-refractivity contribution in [2.75, 3.05) is 7.05 Å². The third-order valence-electron chi connectivity index (χ3n) is 2.22. The Morgan fingerprint density at radius 1 is 1.54 bits per heavy atom. The van der Waals surface area contributed by atoms with Crippen LogP contribution in [-0.2, 0) is 5.54 Å². The molecule has 1 aromatic rings. The van der Waals surface area contributed by atoms with Crippen molar-refractivity contribution in [1.82, 2.24) is 10.3 Å². The van der Waals surface area contributed by atoms with E-state index in [4.69, 9.17) is 0 Å². The van der Waals surface area contributed by atoms with E-state index in [9.17, 15) is 8.78 Å². The van der Waals surface area contributed by atoms with Crippen molar-refractivity contribution in [3.8, 4) is 0 Å². The first-order chi connectivity index (χ1) is 6.11. The van der Waals surface area contributed by atoms with Gasteiger partial charge in [0.25, 0.3) is 6.43 Å². The van der Waals surface area contributed by atoms with Crippen molar-refractivity contribution >= 4 is 0 Å². The minimum absolute atomic E-state index is 0.493. The van der Waals surface area contributed by atoms with Crippen LogP contribution in [0.1, 0.15) is 12.5 Å². The summed E-state index contributed by atoms with van der Waals surface area (Å²) in [6.07, 6.45) is 0.551. The summed E-state index contributed by atoms with van der Waals surface area (Å²) in [5.74, 6) is 0. The summed E-state index contributed by atoms with van der Waals surface area (Å²) in [5, 5.41) is 2.60. The number of alkyl halides is 2. The maximum Gasteiger partial charge on any atom is 0.260 e. The predicted octanol–water partition coefficient (Wildman–Crippen LogP) is 1.78. The summed E-state index contributed by atoms with van der Waals surface area (Å²) >= 11 is 0. The van der Waals surface area contributed by atoms with E-state index < -0.39 is 12.0 Å². The zero-order valence-corrected chi connectivity index (χ0v) is 7.59. The Morgan fingerprint density at radius 3 is 2.62 bits per heavy atom. The molecule has 0 aliphatic rings. The molecular weight excluding hydrogens is 174 g/mol. The standard InChI is InChI=1S/C9H12F2N2/c1-9(12-2,8(10)11)7-4-3-5-13-6-7/h3-6,8,12H,1-2H3. The molecule has 0 saturated carbocycles. The van der Waals surface area contributed by atoms with E-state index >= 15 is 0 Å². The summed E-state index contributed by atoms with van der Waals surface area (Å²) in [4.78, 5) is 3.81. The van der Waals surface area contributed by atoms with Crippen LogP contribution in [0.15, 0.2) is 24.5 Å². The van der Waals surface area contributed by atoms with Gasteiger partial charge in [0.1, 0.15) is 5.54 Å². The first-order valence-electron chi connectivity index (χ1n) is 3.99. The molecule has 0 aliphatic heterocycles. The highest BCUT2D eigenvalue weighted by Gasteiger charge is 2.35. The molecule has 1 heterocycles. The second kappa shape index (κ2) is 3.79. The third kappa shape index (κ3) is 1.83. The van der Waals surface area contributed by atoms with E-state index in [2.05, 4.69) is 10.3 Å². The number of halogens is 2. The number of nitrogens with one attached hydrogen (secondary N) is 1. The normalized spacial score (nSPS) is 15.8. The lowest BCUT2D eigenvalue weighted by Crippen LogP contribution is -2.43. The van der Waals surface area contributed by atoms with Gasteiger partial charge in [0.05, 0.1) is 0 Å². The maximum atomic E-state index is 12.7. The van der Waals surface area contributed by atoms with Crippen LogP contribution in [-0.4, -0.2) is 18.5 Å². The Balaban J connectivity index is 3.03. The Bertz CT molecular complexity index is 264. The van der Waals surface area contributed by atoms with Gasteiger partial charge in [-0.05, 0) is 25.6 Å². The Kier molecular flexibility index (Phi) is 2.93. The lowest BCUT2D eigenvalue weighted by molar-refractivity contribution is 0.0430. The van der Waals surface area contributed by atoms with Crippen LogP contribution < -0.4 is 5.32 Å². The fourth-order valence-electron chi connectivity index (χ4n) is 1.05. The Hall–Kier alpha value is -1.03. The van der Waals surface area contributed by atoms with Crippen LogP contribution in [0.25, 0.3) is 0 Å². The van der Waals surface area contributed by atoms with E-state index in [0.29, 0.717) is 5.56 Å². The van der Waals surface area contributed by atoms with E-state index in [0.717, 1.165) is 0 Å². The third-order valence-corrected chi connectivity index (χ3v) is 2.22. The SMILES string of the molecule is CNC(C)(c1cccnc1)C(F)F. The van der Waals surface area contributed by atoms with E-state index in [1.807, 2.05) is 0 Å². The lowest BCUT2D eigenvalue weighted by atomic mass is 9.94. The molecule has 1 unspecified atom stereocenters. The van der Waals surface area contributed by atoms with E-state index in [1.54, 1.807) is 18.3 Å². The number of hydrogen-bond acceptors (Lipinski definition) is 2. The van der Waals surface area contributed by atoms with Gasteiger partial charge in [-0.15, -0.1) is 0 Å². The van der Waals surface area contributed by atoms with Crippen LogP contribution in [0.5, 0.6) is 0 Å². The first-order valence-corrected chi connectivity index (χ1v) is 3.99. The largest absolute Gasteiger partial charge is 0.306 e. The quantitative estimate of drug-likeness (QED) is 0.778. The highest BCUT2D eigenvalue weighted by atomic mass is 19.3. The minimum atomic E-state index is -2.46. The molecule has 0 aromatic carbocycles. The second-order valence-electron chi connectivity index (χ2n) is 2.99. The van der Waals surface area contributed by atoms with Crippen LogP contribution >= 0.6 is 0 Å². The topological polar surface area (TPSA) is 24.9 Å². The fourth-order valence-corrected chi connectivity index (χ4v) is 1.05. The van der Waals surface area contributed by atoms with Gasteiger partial charge in [-0.3, -0.25) is 4.98 Å². The monoisotopic (exact) mass is 186 g/mol. The van der Waals surface area contributed by atoms with E-state index in [1.165, 1.54) is 20.2 Å². The molecule has 0 bridgehead atoms. The number of hydrogen-bond donors (Lipinski definition) is 1. The minimum Gasteiger partial charge on any atom is -0.306 e. The molecule has 2 nitrogen and oxygen atoms in total. The number of pyridine rings is 1.